The van der Waals surface area contributed by atoms with Crippen LogP contribution in [-0.4, -0.2) is 47.1 Å². The van der Waals surface area contributed by atoms with Crippen LogP contribution in [0.5, 0.6) is 0 Å². The van der Waals surface area contributed by atoms with Gasteiger partial charge in [-0.05, 0) is 31.6 Å². The van der Waals surface area contributed by atoms with E-state index < -0.39 is 41.8 Å². The van der Waals surface area contributed by atoms with Gasteiger partial charge in [-0.1, -0.05) is 6.58 Å². The average molecular weight is 374 g/mol. The van der Waals surface area contributed by atoms with E-state index in [9.17, 15) is 14.7 Å². The highest BCUT2D eigenvalue weighted by atomic mass is 16.6. The SMILES string of the molecule is C=C1C(=O)O[C@H]2/C=C(/C)C(O)CC3OC3(C)CC(OC(=O)c3ccoc3)[C@@H]12. The molecule has 2 fully saturated rings. The van der Waals surface area contributed by atoms with E-state index in [1.807, 2.05) is 6.92 Å². The van der Waals surface area contributed by atoms with Gasteiger partial charge in [0.2, 0.25) is 0 Å². The number of carbonyl (C=O) groups is 2. The molecule has 0 amide bonds. The Kier molecular flexibility index (Phi) is 4.24. The fraction of sp³-hybridized carbons (Fsp3) is 0.500. The van der Waals surface area contributed by atoms with Gasteiger partial charge in [-0.3, -0.25) is 0 Å². The molecule has 1 aromatic rings. The molecule has 7 heteroatoms. The van der Waals surface area contributed by atoms with Gasteiger partial charge in [0.25, 0.3) is 0 Å². The first kappa shape index (κ1) is 18.0. The van der Waals surface area contributed by atoms with E-state index in [-0.39, 0.29) is 11.7 Å². The van der Waals surface area contributed by atoms with Gasteiger partial charge in [0.15, 0.2) is 0 Å². The molecule has 0 spiro atoms. The van der Waals surface area contributed by atoms with E-state index in [0.717, 1.165) is 0 Å². The van der Waals surface area contributed by atoms with Gasteiger partial charge >= 0.3 is 11.9 Å². The Bertz CT molecular complexity index is 808. The molecule has 2 saturated heterocycles. The summed E-state index contributed by atoms with van der Waals surface area (Å²) in [6, 6.07) is 1.52. The quantitative estimate of drug-likeness (QED) is 0.367. The van der Waals surface area contributed by atoms with Crippen LogP contribution in [0.25, 0.3) is 0 Å². The van der Waals surface area contributed by atoms with Crippen molar-refractivity contribution in [3.05, 3.63) is 48.0 Å². The largest absolute Gasteiger partial charge is 0.472 e. The van der Waals surface area contributed by atoms with Gasteiger partial charge in [-0.2, -0.15) is 0 Å². The van der Waals surface area contributed by atoms with Gasteiger partial charge in [-0.15, -0.1) is 0 Å². The van der Waals surface area contributed by atoms with Crippen LogP contribution in [0.2, 0.25) is 0 Å². The van der Waals surface area contributed by atoms with Crippen molar-refractivity contribution < 1.29 is 33.3 Å². The molecular weight excluding hydrogens is 352 g/mol. The number of aliphatic hydroxyl groups is 1. The summed E-state index contributed by atoms with van der Waals surface area (Å²) in [5, 5.41) is 10.4. The Hall–Kier alpha value is -2.38. The Labute approximate surface area is 156 Å². The standard InChI is InChI=1S/C20H22O7/c1-10-6-14-17(11(2)18(22)25-14)15(26-19(23)12-4-5-24-9-12)8-20(3)16(27-20)7-13(10)21/h4-6,9,13-17,21H,2,7-8H2,1,3H3/b10-6-/t13?,14-,15?,16?,17-,20?/m0/s1. The lowest BCUT2D eigenvalue weighted by Crippen LogP contribution is -2.37. The minimum Gasteiger partial charge on any atom is -0.472 e. The zero-order valence-corrected chi connectivity index (χ0v) is 15.2. The summed E-state index contributed by atoms with van der Waals surface area (Å²) in [6.07, 6.45) is 3.09. The van der Waals surface area contributed by atoms with Gasteiger partial charge in [0.05, 0.1) is 35.6 Å². The molecule has 0 radical (unpaired) electrons. The average Bonchev–Trinajstić information content (AvgIpc) is 2.97. The summed E-state index contributed by atoms with van der Waals surface area (Å²) < 4.78 is 22.0. The number of aliphatic hydroxyl groups excluding tert-OH is 1. The van der Waals surface area contributed by atoms with E-state index in [0.29, 0.717) is 24.0 Å². The third-order valence-corrected chi connectivity index (χ3v) is 5.71. The topological polar surface area (TPSA) is 98.5 Å². The van der Waals surface area contributed by atoms with E-state index >= 15 is 0 Å². The Balaban J connectivity index is 1.69. The van der Waals surface area contributed by atoms with E-state index in [4.69, 9.17) is 18.6 Å². The number of rotatable bonds is 2. The summed E-state index contributed by atoms with van der Waals surface area (Å²) in [6.45, 7) is 7.55. The third kappa shape index (κ3) is 3.21. The number of esters is 2. The normalized spacial score (nSPS) is 40.3. The number of fused-ring (bicyclic) bond motifs is 2. The molecule has 27 heavy (non-hydrogen) atoms. The smallest absolute Gasteiger partial charge is 0.341 e. The van der Waals surface area contributed by atoms with Crippen molar-refractivity contribution in [1.29, 1.82) is 0 Å². The summed E-state index contributed by atoms with van der Waals surface area (Å²) in [4.78, 5) is 24.7. The minimum absolute atomic E-state index is 0.145. The molecule has 2 aliphatic heterocycles. The zero-order chi connectivity index (χ0) is 19.3. The Morgan fingerprint density at radius 2 is 2.22 bits per heavy atom. The molecule has 1 N–H and O–H groups in total. The van der Waals surface area contributed by atoms with Gasteiger partial charge in [-0.25, -0.2) is 9.59 Å². The van der Waals surface area contributed by atoms with Crippen LogP contribution < -0.4 is 0 Å². The second-order valence-corrected chi connectivity index (χ2v) is 7.66. The van der Waals surface area contributed by atoms with Crippen LogP contribution >= 0.6 is 0 Å². The van der Waals surface area contributed by atoms with Crippen molar-refractivity contribution in [2.45, 2.75) is 56.7 Å². The van der Waals surface area contributed by atoms with Crippen LogP contribution in [-0.2, 0) is 19.0 Å². The molecule has 1 aromatic heterocycles. The Morgan fingerprint density at radius 1 is 1.44 bits per heavy atom. The lowest BCUT2D eigenvalue weighted by atomic mass is 9.82. The lowest BCUT2D eigenvalue weighted by Gasteiger charge is -2.28. The van der Waals surface area contributed by atoms with E-state index in [2.05, 4.69) is 6.58 Å². The van der Waals surface area contributed by atoms with E-state index in [1.54, 1.807) is 13.0 Å². The summed E-state index contributed by atoms with van der Waals surface area (Å²) >= 11 is 0. The number of ether oxygens (including phenoxy) is 3. The van der Waals surface area contributed by atoms with Crippen LogP contribution in [0, 0.1) is 5.92 Å². The minimum atomic E-state index is -0.685. The van der Waals surface area contributed by atoms with Gasteiger partial charge in [0, 0.05) is 18.4 Å². The van der Waals surface area contributed by atoms with Crippen molar-refractivity contribution in [1.82, 2.24) is 0 Å². The fourth-order valence-corrected chi connectivity index (χ4v) is 3.93. The van der Waals surface area contributed by atoms with Crippen molar-refractivity contribution in [3.63, 3.8) is 0 Å². The maximum Gasteiger partial charge on any atom is 0.341 e. The molecule has 3 aliphatic rings. The zero-order valence-electron chi connectivity index (χ0n) is 15.2. The van der Waals surface area contributed by atoms with Crippen LogP contribution in [0.15, 0.2) is 46.8 Å². The molecule has 0 bridgehead atoms. The molecule has 144 valence electrons. The highest BCUT2D eigenvalue weighted by molar-refractivity contribution is 5.92. The third-order valence-electron chi connectivity index (χ3n) is 5.71. The summed E-state index contributed by atoms with van der Waals surface area (Å²) in [7, 11) is 0. The number of epoxide rings is 1. The Morgan fingerprint density at radius 3 is 2.93 bits per heavy atom. The van der Waals surface area contributed by atoms with Crippen LogP contribution in [0.1, 0.15) is 37.0 Å². The monoisotopic (exact) mass is 374 g/mol. The van der Waals surface area contributed by atoms with Crippen molar-refractivity contribution in [2.24, 2.45) is 5.92 Å². The molecule has 4 unspecified atom stereocenters. The predicted octanol–water partition coefficient (Wildman–Crippen LogP) is 2.16. The number of furan rings is 1. The maximum atomic E-state index is 12.5. The van der Waals surface area contributed by atoms with Crippen LogP contribution in [0.3, 0.4) is 0 Å². The predicted molar refractivity (Wildman–Crippen MR) is 92.7 cm³/mol. The molecule has 0 saturated carbocycles. The lowest BCUT2D eigenvalue weighted by molar-refractivity contribution is -0.137. The molecule has 7 nitrogen and oxygen atoms in total. The highest BCUT2D eigenvalue weighted by Gasteiger charge is 2.57. The first-order valence-corrected chi connectivity index (χ1v) is 8.95. The van der Waals surface area contributed by atoms with Crippen molar-refractivity contribution in [2.75, 3.05) is 0 Å². The fourth-order valence-electron chi connectivity index (χ4n) is 3.93. The summed E-state index contributed by atoms with van der Waals surface area (Å²) in [5.74, 6) is -1.61. The molecule has 1 aliphatic carbocycles. The maximum absolute atomic E-state index is 12.5. The second-order valence-electron chi connectivity index (χ2n) is 7.66. The van der Waals surface area contributed by atoms with E-state index in [1.165, 1.54) is 18.6 Å². The second kappa shape index (κ2) is 6.35. The molecule has 6 atom stereocenters. The summed E-state index contributed by atoms with van der Waals surface area (Å²) in [5.41, 5.74) is 0.688. The molecular formula is C20H22O7. The highest BCUT2D eigenvalue weighted by Crippen LogP contribution is 2.48. The van der Waals surface area contributed by atoms with Crippen molar-refractivity contribution in [3.8, 4) is 0 Å². The number of hydrogen-bond donors (Lipinski definition) is 1. The molecule has 3 heterocycles. The number of hydrogen-bond acceptors (Lipinski definition) is 7. The molecule has 4 rings (SSSR count). The molecule has 0 aromatic carbocycles. The number of carbonyl (C=O) groups excluding carboxylic acids is 2. The first-order valence-electron chi connectivity index (χ1n) is 8.95. The van der Waals surface area contributed by atoms with Gasteiger partial charge < -0.3 is 23.7 Å². The first-order chi connectivity index (χ1) is 12.8. The van der Waals surface area contributed by atoms with Crippen molar-refractivity contribution >= 4 is 11.9 Å². The van der Waals surface area contributed by atoms with Crippen LogP contribution in [0.4, 0.5) is 0 Å². The van der Waals surface area contributed by atoms with Gasteiger partial charge in [0.1, 0.15) is 18.5 Å².